The van der Waals surface area contributed by atoms with E-state index in [1.54, 1.807) is 12.1 Å². The lowest BCUT2D eigenvalue weighted by molar-refractivity contribution is 0.262. The second-order valence-electron chi connectivity index (χ2n) is 4.28. The fourth-order valence-corrected chi connectivity index (χ4v) is 2.05. The van der Waals surface area contributed by atoms with Gasteiger partial charge in [-0.3, -0.25) is 0 Å². The van der Waals surface area contributed by atoms with E-state index < -0.39 is 11.8 Å². The lowest BCUT2D eigenvalue weighted by Crippen LogP contribution is -2.19. The van der Waals surface area contributed by atoms with Crippen LogP contribution >= 0.6 is 11.6 Å². The molecule has 2 aromatic rings. The fraction of sp³-hybridized carbons (Fsp3) is 0.133. The number of carbonyl (C=O) groups is 1. The van der Waals surface area contributed by atoms with Crippen LogP contribution in [-0.2, 0) is 0 Å². The Morgan fingerprint density at radius 2 is 1.82 bits per heavy atom. The van der Waals surface area contributed by atoms with Crippen LogP contribution in [0.3, 0.4) is 0 Å². The number of urea groups is 1. The van der Waals surface area contributed by atoms with Gasteiger partial charge in [-0.1, -0.05) is 17.7 Å². The van der Waals surface area contributed by atoms with Crippen molar-refractivity contribution in [3.63, 3.8) is 0 Å². The van der Waals surface area contributed by atoms with Crippen LogP contribution in [0.15, 0.2) is 36.4 Å². The number of ether oxygens (including phenoxy) is 2. The van der Waals surface area contributed by atoms with E-state index >= 15 is 0 Å². The minimum Gasteiger partial charge on any atom is -0.495 e. The van der Waals surface area contributed by atoms with Crippen LogP contribution in [0.2, 0.25) is 5.02 Å². The van der Waals surface area contributed by atoms with Gasteiger partial charge in [-0.25, -0.2) is 9.18 Å². The molecule has 5 nitrogen and oxygen atoms in total. The molecule has 2 amide bonds. The molecule has 0 bridgehead atoms. The topological polar surface area (TPSA) is 59.6 Å². The Labute approximate surface area is 132 Å². The Balaban J connectivity index is 2.16. The first-order valence-corrected chi connectivity index (χ1v) is 6.66. The van der Waals surface area contributed by atoms with Crippen LogP contribution in [-0.4, -0.2) is 20.3 Å². The molecule has 2 rings (SSSR count). The predicted molar refractivity (Wildman–Crippen MR) is 83.6 cm³/mol. The Morgan fingerprint density at radius 3 is 2.45 bits per heavy atom. The Hall–Kier alpha value is -2.47. The molecular weight excluding hydrogens is 311 g/mol. The first-order valence-electron chi connectivity index (χ1n) is 6.28. The third kappa shape index (κ3) is 3.79. The van der Waals surface area contributed by atoms with Crippen molar-refractivity contribution < 1.29 is 18.7 Å². The van der Waals surface area contributed by atoms with E-state index in [0.717, 1.165) is 0 Å². The normalized spacial score (nSPS) is 10.0. The Kier molecular flexibility index (Phi) is 5.06. The minimum absolute atomic E-state index is 0.323. The largest absolute Gasteiger partial charge is 0.495 e. The maximum absolute atomic E-state index is 13.1. The average molecular weight is 325 g/mol. The number of rotatable bonds is 4. The number of hydrogen-bond donors (Lipinski definition) is 2. The van der Waals surface area contributed by atoms with Crippen molar-refractivity contribution in [2.45, 2.75) is 0 Å². The number of benzene rings is 2. The summed E-state index contributed by atoms with van der Waals surface area (Å²) in [5, 5.41) is 5.42. The number of hydrogen-bond acceptors (Lipinski definition) is 3. The standard InChI is InChI=1S/C15H14ClFN2O3/c1-21-13-8-14(22-2)12(7-11(13)16)19-15(20)18-10-5-3-4-9(17)6-10/h3-8H,1-2H3,(H2,18,19,20). The van der Waals surface area contributed by atoms with Gasteiger partial charge in [0.05, 0.1) is 24.9 Å². The molecular formula is C15H14ClFN2O3. The molecule has 2 N–H and O–H groups in total. The molecule has 0 saturated heterocycles. The maximum atomic E-state index is 13.1. The molecule has 116 valence electrons. The maximum Gasteiger partial charge on any atom is 0.323 e. The van der Waals surface area contributed by atoms with Crippen LogP contribution in [0.4, 0.5) is 20.6 Å². The van der Waals surface area contributed by atoms with Crippen LogP contribution in [0, 0.1) is 5.82 Å². The summed E-state index contributed by atoms with van der Waals surface area (Å²) < 4.78 is 23.3. The first-order chi connectivity index (χ1) is 10.5. The quantitative estimate of drug-likeness (QED) is 0.888. The van der Waals surface area contributed by atoms with E-state index in [4.69, 9.17) is 21.1 Å². The second-order valence-corrected chi connectivity index (χ2v) is 4.68. The summed E-state index contributed by atoms with van der Waals surface area (Å²) in [6.45, 7) is 0. The number of methoxy groups -OCH3 is 2. The third-order valence-electron chi connectivity index (χ3n) is 2.80. The van der Waals surface area contributed by atoms with Gasteiger partial charge in [-0.05, 0) is 24.3 Å². The van der Waals surface area contributed by atoms with Crippen molar-refractivity contribution in [2.24, 2.45) is 0 Å². The third-order valence-corrected chi connectivity index (χ3v) is 3.10. The number of carbonyl (C=O) groups excluding carboxylic acids is 1. The van der Waals surface area contributed by atoms with Crippen molar-refractivity contribution in [3.8, 4) is 11.5 Å². The second kappa shape index (κ2) is 7.00. The van der Waals surface area contributed by atoms with Crippen molar-refractivity contribution in [3.05, 3.63) is 47.2 Å². The fourth-order valence-electron chi connectivity index (χ4n) is 1.81. The average Bonchev–Trinajstić information content (AvgIpc) is 2.47. The smallest absolute Gasteiger partial charge is 0.323 e. The van der Waals surface area contributed by atoms with E-state index in [-0.39, 0.29) is 0 Å². The van der Waals surface area contributed by atoms with E-state index in [1.165, 1.54) is 38.5 Å². The Morgan fingerprint density at radius 1 is 1.09 bits per heavy atom. The molecule has 7 heteroatoms. The summed E-state index contributed by atoms with van der Waals surface area (Å²) in [5.74, 6) is 0.369. The molecule has 0 radical (unpaired) electrons. The lowest BCUT2D eigenvalue weighted by Gasteiger charge is -2.13. The van der Waals surface area contributed by atoms with Gasteiger partial charge < -0.3 is 20.1 Å². The van der Waals surface area contributed by atoms with Crippen molar-refractivity contribution in [2.75, 3.05) is 24.9 Å². The van der Waals surface area contributed by atoms with Gasteiger partial charge in [-0.15, -0.1) is 0 Å². The summed E-state index contributed by atoms with van der Waals surface area (Å²) in [6, 6.07) is 8.07. The molecule has 0 aliphatic carbocycles. The van der Waals surface area contributed by atoms with Crippen LogP contribution in [0.1, 0.15) is 0 Å². The van der Waals surface area contributed by atoms with E-state index in [2.05, 4.69) is 10.6 Å². The zero-order valence-electron chi connectivity index (χ0n) is 11.9. The lowest BCUT2D eigenvalue weighted by atomic mass is 10.2. The van der Waals surface area contributed by atoms with Gasteiger partial charge in [0.2, 0.25) is 0 Å². The number of nitrogens with one attached hydrogen (secondary N) is 2. The zero-order valence-corrected chi connectivity index (χ0v) is 12.7. The van der Waals surface area contributed by atoms with Gasteiger partial charge in [-0.2, -0.15) is 0 Å². The van der Waals surface area contributed by atoms with Crippen LogP contribution in [0.25, 0.3) is 0 Å². The SMILES string of the molecule is COc1cc(OC)c(NC(=O)Nc2cccc(F)c2)cc1Cl. The van der Waals surface area contributed by atoms with Gasteiger partial charge in [0.1, 0.15) is 17.3 Å². The summed E-state index contributed by atoms with van der Waals surface area (Å²) >= 11 is 6.02. The number of halogens is 2. The molecule has 0 aliphatic rings. The van der Waals surface area contributed by atoms with Gasteiger partial charge >= 0.3 is 6.03 Å². The molecule has 0 heterocycles. The summed E-state index contributed by atoms with van der Waals surface area (Å²) in [4.78, 5) is 12.0. The summed E-state index contributed by atoms with van der Waals surface area (Å²) in [6.07, 6.45) is 0. The van der Waals surface area contributed by atoms with Crippen LogP contribution in [0.5, 0.6) is 11.5 Å². The molecule has 0 unspecified atom stereocenters. The van der Waals surface area contributed by atoms with Crippen molar-refractivity contribution >= 4 is 29.0 Å². The summed E-state index contributed by atoms with van der Waals surface area (Å²) in [5.41, 5.74) is 0.693. The molecule has 2 aromatic carbocycles. The first kappa shape index (κ1) is 15.9. The van der Waals surface area contributed by atoms with Gasteiger partial charge in [0.15, 0.2) is 0 Å². The van der Waals surface area contributed by atoms with Crippen molar-refractivity contribution in [1.82, 2.24) is 0 Å². The molecule has 0 saturated carbocycles. The highest BCUT2D eigenvalue weighted by Gasteiger charge is 2.12. The zero-order chi connectivity index (χ0) is 16.1. The molecule has 0 atom stereocenters. The highest BCUT2D eigenvalue weighted by Crippen LogP contribution is 2.35. The minimum atomic E-state index is -0.551. The molecule has 0 spiro atoms. The van der Waals surface area contributed by atoms with Gasteiger partial charge in [0, 0.05) is 11.8 Å². The molecule has 22 heavy (non-hydrogen) atoms. The van der Waals surface area contributed by atoms with E-state index in [9.17, 15) is 9.18 Å². The molecule has 0 fully saturated rings. The Bertz CT molecular complexity index is 694. The van der Waals surface area contributed by atoms with Gasteiger partial charge in [0.25, 0.3) is 0 Å². The monoisotopic (exact) mass is 324 g/mol. The molecule has 0 aliphatic heterocycles. The number of amides is 2. The van der Waals surface area contributed by atoms with E-state index in [0.29, 0.717) is 27.9 Å². The summed E-state index contributed by atoms with van der Waals surface area (Å²) in [7, 11) is 2.93. The van der Waals surface area contributed by atoms with Crippen molar-refractivity contribution in [1.29, 1.82) is 0 Å². The highest BCUT2D eigenvalue weighted by molar-refractivity contribution is 6.32. The number of anilines is 2. The molecule has 0 aromatic heterocycles. The van der Waals surface area contributed by atoms with Crippen LogP contribution < -0.4 is 20.1 Å². The highest BCUT2D eigenvalue weighted by atomic mass is 35.5. The predicted octanol–water partition coefficient (Wildman–Crippen LogP) is 4.14. The van der Waals surface area contributed by atoms with E-state index in [1.807, 2.05) is 0 Å².